The summed E-state index contributed by atoms with van der Waals surface area (Å²) in [7, 11) is 0. The van der Waals surface area contributed by atoms with Gasteiger partial charge in [0, 0.05) is 6.42 Å². The molecule has 3 rings (SSSR count). The molecule has 98 valence electrons. The van der Waals surface area contributed by atoms with E-state index >= 15 is 0 Å². The molecule has 1 saturated heterocycles. The molecule has 2 heteroatoms. The molecule has 0 radical (unpaired) electrons. The van der Waals surface area contributed by atoms with Gasteiger partial charge >= 0.3 is 0 Å². The van der Waals surface area contributed by atoms with Gasteiger partial charge in [0.05, 0.1) is 12.7 Å². The molecule has 2 nitrogen and oxygen atoms in total. The Morgan fingerprint density at radius 3 is 2.21 bits per heavy atom. The number of hydrogen-bond acceptors (Lipinski definition) is 2. The Morgan fingerprint density at radius 1 is 1.00 bits per heavy atom. The molecule has 1 aliphatic rings. The van der Waals surface area contributed by atoms with Crippen LogP contribution < -0.4 is 0 Å². The molecule has 2 unspecified atom stereocenters. The Kier molecular flexibility index (Phi) is 3.13. The number of rotatable bonds is 2. The third kappa shape index (κ3) is 2.18. The number of hydrogen-bond donors (Lipinski definition) is 1. The van der Waals surface area contributed by atoms with Crippen LogP contribution >= 0.6 is 0 Å². The molecule has 1 fully saturated rings. The van der Waals surface area contributed by atoms with E-state index in [-0.39, 0.29) is 6.10 Å². The van der Waals surface area contributed by atoms with Gasteiger partial charge in [-0.25, -0.2) is 0 Å². The minimum atomic E-state index is -0.838. The van der Waals surface area contributed by atoms with Crippen molar-refractivity contribution in [1.82, 2.24) is 0 Å². The van der Waals surface area contributed by atoms with Crippen molar-refractivity contribution < 1.29 is 9.84 Å². The zero-order valence-corrected chi connectivity index (χ0v) is 11.0. The van der Waals surface area contributed by atoms with Crippen molar-refractivity contribution in [3.05, 3.63) is 60.2 Å². The van der Waals surface area contributed by atoms with Gasteiger partial charge in [0.15, 0.2) is 0 Å². The highest BCUT2D eigenvalue weighted by molar-refractivity contribution is 5.63. The number of ether oxygens (including phenoxy) is 1. The highest BCUT2D eigenvalue weighted by Crippen LogP contribution is 2.36. The summed E-state index contributed by atoms with van der Waals surface area (Å²) in [5.41, 5.74) is 2.46. The van der Waals surface area contributed by atoms with Crippen molar-refractivity contribution in [2.24, 2.45) is 0 Å². The highest BCUT2D eigenvalue weighted by Gasteiger charge is 2.40. The van der Waals surface area contributed by atoms with Gasteiger partial charge in [-0.1, -0.05) is 54.6 Å². The quantitative estimate of drug-likeness (QED) is 0.890. The van der Waals surface area contributed by atoms with Gasteiger partial charge in [0.1, 0.15) is 5.60 Å². The molecule has 2 aromatic rings. The van der Waals surface area contributed by atoms with Crippen molar-refractivity contribution in [2.45, 2.75) is 25.0 Å². The van der Waals surface area contributed by atoms with Gasteiger partial charge in [0.25, 0.3) is 0 Å². The summed E-state index contributed by atoms with van der Waals surface area (Å²) in [4.78, 5) is 0. The lowest BCUT2D eigenvalue weighted by Crippen LogP contribution is -2.32. The topological polar surface area (TPSA) is 29.5 Å². The molecule has 1 aliphatic heterocycles. The standard InChI is InChI=1S/C17H18O2/c1-13-17(18,11-12-19-13)16-9-7-15(8-10-16)14-5-3-2-4-6-14/h2-10,13,18H,11-12H2,1H3. The first-order chi connectivity index (χ1) is 9.20. The minimum Gasteiger partial charge on any atom is -0.382 e. The smallest absolute Gasteiger partial charge is 0.118 e. The maximum absolute atomic E-state index is 10.7. The summed E-state index contributed by atoms with van der Waals surface area (Å²) >= 11 is 0. The minimum absolute atomic E-state index is 0.143. The first-order valence-electron chi connectivity index (χ1n) is 6.70. The summed E-state index contributed by atoms with van der Waals surface area (Å²) in [6.45, 7) is 2.55. The highest BCUT2D eigenvalue weighted by atomic mass is 16.5. The monoisotopic (exact) mass is 254 g/mol. The molecule has 2 atom stereocenters. The van der Waals surface area contributed by atoms with E-state index in [0.29, 0.717) is 13.0 Å². The molecule has 2 aromatic carbocycles. The maximum Gasteiger partial charge on any atom is 0.118 e. The molecule has 0 bridgehead atoms. The predicted octanol–water partition coefficient (Wildman–Crippen LogP) is 3.35. The second-order valence-electron chi connectivity index (χ2n) is 5.13. The Bertz CT molecular complexity index is 547. The van der Waals surface area contributed by atoms with Gasteiger partial charge in [0.2, 0.25) is 0 Å². The van der Waals surface area contributed by atoms with Crippen LogP contribution in [0.2, 0.25) is 0 Å². The third-order valence-electron chi connectivity index (χ3n) is 4.02. The fourth-order valence-electron chi connectivity index (χ4n) is 2.69. The molecular weight excluding hydrogens is 236 g/mol. The zero-order chi connectivity index (χ0) is 13.3. The van der Waals surface area contributed by atoms with Crippen molar-refractivity contribution >= 4 is 0 Å². The van der Waals surface area contributed by atoms with Gasteiger partial charge in [-0.3, -0.25) is 0 Å². The average molecular weight is 254 g/mol. The van der Waals surface area contributed by atoms with Gasteiger partial charge < -0.3 is 9.84 Å². The van der Waals surface area contributed by atoms with Gasteiger partial charge in [-0.15, -0.1) is 0 Å². The lowest BCUT2D eigenvalue weighted by atomic mass is 9.87. The zero-order valence-electron chi connectivity index (χ0n) is 11.0. The first kappa shape index (κ1) is 12.4. The lowest BCUT2D eigenvalue weighted by molar-refractivity contribution is -0.0317. The molecule has 0 saturated carbocycles. The van der Waals surface area contributed by atoms with Crippen LogP contribution in [0.1, 0.15) is 18.9 Å². The van der Waals surface area contributed by atoms with Crippen LogP contribution in [-0.4, -0.2) is 17.8 Å². The third-order valence-corrected chi connectivity index (χ3v) is 4.02. The Morgan fingerprint density at radius 2 is 1.63 bits per heavy atom. The van der Waals surface area contributed by atoms with Crippen LogP contribution in [0.15, 0.2) is 54.6 Å². The van der Waals surface area contributed by atoms with Crippen LogP contribution in [-0.2, 0) is 10.3 Å². The number of benzene rings is 2. The van der Waals surface area contributed by atoms with E-state index < -0.39 is 5.60 Å². The van der Waals surface area contributed by atoms with Crippen LogP contribution in [0, 0.1) is 0 Å². The van der Waals surface area contributed by atoms with Crippen LogP contribution in [0.3, 0.4) is 0 Å². The van der Waals surface area contributed by atoms with E-state index in [1.165, 1.54) is 11.1 Å². The fourth-order valence-corrected chi connectivity index (χ4v) is 2.69. The van der Waals surface area contributed by atoms with Crippen LogP contribution in [0.25, 0.3) is 11.1 Å². The molecule has 0 amide bonds. The molecule has 0 aromatic heterocycles. The second-order valence-corrected chi connectivity index (χ2v) is 5.13. The molecular formula is C17H18O2. The molecule has 19 heavy (non-hydrogen) atoms. The normalized spacial score (nSPS) is 26.5. The second kappa shape index (κ2) is 4.80. The first-order valence-corrected chi connectivity index (χ1v) is 6.70. The average Bonchev–Trinajstić information content (AvgIpc) is 2.81. The predicted molar refractivity (Wildman–Crippen MR) is 75.8 cm³/mol. The SMILES string of the molecule is CC1OCCC1(O)c1ccc(-c2ccccc2)cc1. The molecule has 0 spiro atoms. The van der Waals surface area contributed by atoms with Crippen molar-refractivity contribution in [2.75, 3.05) is 6.61 Å². The largest absolute Gasteiger partial charge is 0.382 e. The number of aliphatic hydroxyl groups is 1. The molecule has 0 aliphatic carbocycles. The summed E-state index contributed by atoms with van der Waals surface area (Å²) in [6.07, 6.45) is 0.522. The van der Waals surface area contributed by atoms with E-state index in [1.807, 2.05) is 37.3 Å². The van der Waals surface area contributed by atoms with Crippen molar-refractivity contribution in [3.63, 3.8) is 0 Å². The summed E-state index contributed by atoms with van der Waals surface area (Å²) in [5, 5.41) is 10.7. The lowest BCUT2D eigenvalue weighted by Gasteiger charge is -2.26. The summed E-state index contributed by atoms with van der Waals surface area (Å²) in [6, 6.07) is 18.4. The Balaban J connectivity index is 1.91. The van der Waals surface area contributed by atoms with Gasteiger partial charge in [-0.2, -0.15) is 0 Å². The summed E-state index contributed by atoms with van der Waals surface area (Å²) in [5.74, 6) is 0. The van der Waals surface area contributed by atoms with E-state index in [1.54, 1.807) is 0 Å². The Labute approximate surface area is 113 Å². The van der Waals surface area contributed by atoms with E-state index in [0.717, 1.165) is 5.56 Å². The van der Waals surface area contributed by atoms with E-state index in [9.17, 15) is 5.11 Å². The Hall–Kier alpha value is -1.64. The summed E-state index contributed by atoms with van der Waals surface area (Å²) < 4.78 is 5.49. The van der Waals surface area contributed by atoms with E-state index in [2.05, 4.69) is 24.3 Å². The maximum atomic E-state index is 10.7. The van der Waals surface area contributed by atoms with Crippen LogP contribution in [0.4, 0.5) is 0 Å². The molecule has 1 heterocycles. The van der Waals surface area contributed by atoms with E-state index in [4.69, 9.17) is 4.74 Å². The van der Waals surface area contributed by atoms with Crippen molar-refractivity contribution in [3.8, 4) is 11.1 Å². The van der Waals surface area contributed by atoms with Crippen molar-refractivity contribution in [1.29, 1.82) is 0 Å². The molecule has 1 N–H and O–H groups in total. The fraction of sp³-hybridized carbons (Fsp3) is 0.294. The van der Waals surface area contributed by atoms with Gasteiger partial charge in [-0.05, 0) is 23.6 Å². The van der Waals surface area contributed by atoms with Crippen LogP contribution in [0.5, 0.6) is 0 Å².